The Balaban J connectivity index is 2.02. The Morgan fingerprint density at radius 1 is 1.59 bits per heavy atom. The molecule has 0 bridgehead atoms. The van der Waals surface area contributed by atoms with E-state index in [1.165, 1.54) is 0 Å². The van der Waals surface area contributed by atoms with E-state index >= 15 is 0 Å². The van der Waals surface area contributed by atoms with Crippen LogP contribution in [-0.4, -0.2) is 34.9 Å². The summed E-state index contributed by atoms with van der Waals surface area (Å²) < 4.78 is 0. The molecule has 1 fully saturated rings. The maximum Gasteiger partial charge on any atom is 0.210 e. The number of carbonyl (C=O) groups excluding carboxylic acids is 1. The standard InChI is InChI=1S/C12H16ClN3O/c1-9-11(3-2-6-16(9)8-17)15-12-5-4-10(13)7-14-12/h4-5,7-9,11H,2-3,6H2,1H3,(H,14,15)/t9-,11+/m0/s1. The summed E-state index contributed by atoms with van der Waals surface area (Å²) in [6.45, 7) is 2.90. The van der Waals surface area contributed by atoms with Crippen molar-refractivity contribution in [3.8, 4) is 0 Å². The largest absolute Gasteiger partial charge is 0.365 e. The van der Waals surface area contributed by atoms with Crippen molar-refractivity contribution in [2.45, 2.75) is 31.8 Å². The summed E-state index contributed by atoms with van der Waals surface area (Å²) in [6.07, 6.45) is 4.62. The molecule has 1 aliphatic rings. The Kier molecular flexibility index (Phi) is 3.84. The molecule has 0 unspecified atom stereocenters. The first-order chi connectivity index (χ1) is 8.20. The summed E-state index contributed by atoms with van der Waals surface area (Å²) in [5, 5.41) is 3.98. The van der Waals surface area contributed by atoms with Crippen LogP contribution in [0.1, 0.15) is 19.8 Å². The molecule has 1 N–H and O–H groups in total. The fraction of sp³-hybridized carbons (Fsp3) is 0.500. The molecule has 5 heteroatoms. The molecule has 1 aliphatic heterocycles. The first-order valence-electron chi connectivity index (χ1n) is 5.80. The van der Waals surface area contributed by atoms with Crippen LogP contribution in [0.15, 0.2) is 18.3 Å². The van der Waals surface area contributed by atoms with E-state index in [1.807, 2.05) is 17.0 Å². The third kappa shape index (κ3) is 2.88. The van der Waals surface area contributed by atoms with E-state index in [1.54, 1.807) is 6.20 Å². The van der Waals surface area contributed by atoms with Gasteiger partial charge in [-0.15, -0.1) is 0 Å². The van der Waals surface area contributed by atoms with Crippen LogP contribution in [0, 0.1) is 0 Å². The topological polar surface area (TPSA) is 45.2 Å². The number of amides is 1. The molecule has 17 heavy (non-hydrogen) atoms. The second-order valence-corrected chi connectivity index (χ2v) is 4.77. The molecule has 0 radical (unpaired) electrons. The number of hydrogen-bond acceptors (Lipinski definition) is 3. The molecule has 0 aliphatic carbocycles. The molecule has 2 heterocycles. The second-order valence-electron chi connectivity index (χ2n) is 4.34. The number of hydrogen-bond donors (Lipinski definition) is 1. The lowest BCUT2D eigenvalue weighted by Crippen LogP contribution is -2.48. The van der Waals surface area contributed by atoms with Crippen molar-refractivity contribution in [2.75, 3.05) is 11.9 Å². The molecule has 1 aromatic heterocycles. The second kappa shape index (κ2) is 5.36. The number of halogens is 1. The summed E-state index contributed by atoms with van der Waals surface area (Å²) in [6, 6.07) is 4.11. The minimum absolute atomic E-state index is 0.193. The van der Waals surface area contributed by atoms with Crippen molar-refractivity contribution in [3.05, 3.63) is 23.4 Å². The SMILES string of the molecule is C[C@H]1[C@H](Nc2ccc(Cl)cn2)CCCN1C=O. The van der Waals surface area contributed by atoms with Crippen molar-refractivity contribution < 1.29 is 4.79 Å². The molecular weight excluding hydrogens is 238 g/mol. The Morgan fingerprint density at radius 3 is 3.06 bits per heavy atom. The van der Waals surface area contributed by atoms with E-state index in [0.29, 0.717) is 5.02 Å². The van der Waals surface area contributed by atoms with Crippen molar-refractivity contribution in [3.63, 3.8) is 0 Å². The quantitative estimate of drug-likeness (QED) is 0.840. The van der Waals surface area contributed by atoms with Crippen LogP contribution in [0.25, 0.3) is 0 Å². The number of pyridine rings is 1. The smallest absolute Gasteiger partial charge is 0.210 e. The molecule has 2 atom stereocenters. The number of piperidine rings is 1. The fourth-order valence-corrected chi connectivity index (χ4v) is 2.27. The number of anilines is 1. The molecule has 0 saturated carbocycles. The van der Waals surface area contributed by atoms with Gasteiger partial charge >= 0.3 is 0 Å². The maximum absolute atomic E-state index is 10.9. The van der Waals surface area contributed by atoms with E-state index in [-0.39, 0.29) is 12.1 Å². The van der Waals surface area contributed by atoms with Crippen molar-refractivity contribution in [1.29, 1.82) is 0 Å². The predicted octanol–water partition coefficient (Wildman–Crippen LogP) is 2.16. The zero-order valence-corrected chi connectivity index (χ0v) is 10.5. The van der Waals surface area contributed by atoms with Gasteiger partial charge in [-0.25, -0.2) is 4.98 Å². The normalized spacial score (nSPS) is 24.5. The van der Waals surface area contributed by atoms with Gasteiger partial charge in [-0.05, 0) is 31.9 Å². The van der Waals surface area contributed by atoms with Gasteiger partial charge in [0.2, 0.25) is 6.41 Å². The van der Waals surface area contributed by atoms with Crippen LogP contribution in [0.3, 0.4) is 0 Å². The van der Waals surface area contributed by atoms with Gasteiger partial charge in [0, 0.05) is 24.8 Å². The minimum atomic E-state index is 0.193. The molecule has 92 valence electrons. The summed E-state index contributed by atoms with van der Waals surface area (Å²) in [5.41, 5.74) is 0. The Hall–Kier alpha value is -1.29. The van der Waals surface area contributed by atoms with Crippen LogP contribution in [0.4, 0.5) is 5.82 Å². The van der Waals surface area contributed by atoms with Crippen LogP contribution < -0.4 is 5.32 Å². The van der Waals surface area contributed by atoms with Gasteiger partial charge in [0.15, 0.2) is 0 Å². The van der Waals surface area contributed by atoms with Gasteiger partial charge in [0.1, 0.15) is 5.82 Å². The molecule has 0 spiro atoms. The number of rotatable bonds is 3. The highest BCUT2D eigenvalue weighted by atomic mass is 35.5. The molecular formula is C12H16ClN3O. The first-order valence-corrected chi connectivity index (χ1v) is 6.17. The number of likely N-dealkylation sites (tertiary alicyclic amines) is 1. The molecule has 1 saturated heterocycles. The Bertz CT molecular complexity index is 382. The number of carbonyl (C=O) groups is 1. The van der Waals surface area contributed by atoms with Crippen LogP contribution in [0.2, 0.25) is 5.02 Å². The summed E-state index contributed by atoms with van der Waals surface area (Å²) >= 11 is 5.78. The third-order valence-electron chi connectivity index (χ3n) is 3.23. The highest BCUT2D eigenvalue weighted by molar-refractivity contribution is 6.30. The van der Waals surface area contributed by atoms with E-state index in [0.717, 1.165) is 31.6 Å². The first kappa shape index (κ1) is 12.2. The lowest BCUT2D eigenvalue weighted by Gasteiger charge is -2.37. The Morgan fingerprint density at radius 2 is 2.41 bits per heavy atom. The van der Waals surface area contributed by atoms with Gasteiger partial charge < -0.3 is 10.2 Å². The fourth-order valence-electron chi connectivity index (χ4n) is 2.16. The molecule has 1 aromatic rings. The van der Waals surface area contributed by atoms with E-state index in [2.05, 4.69) is 17.2 Å². The summed E-state index contributed by atoms with van der Waals surface area (Å²) in [4.78, 5) is 16.9. The number of nitrogens with one attached hydrogen (secondary N) is 1. The molecule has 4 nitrogen and oxygen atoms in total. The summed E-state index contributed by atoms with van der Waals surface area (Å²) in [5.74, 6) is 0.805. The number of nitrogens with zero attached hydrogens (tertiary/aromatic N) is 2. The van der Waals surface area contributed by atoms with Crippen LogP contribution in [-0.2, 0) is 4.79 Å². The van der Waals surface area contributed by atoms with Gasteiger partial charge in [0.05, 0.1) is 5.02 Å². The van der Waals surface area contributed by atoms with Crippen molar-refractivity contribution in [2.24, 2.45) is 0 Å². The average molecular weight is 254 g/mol. The zero-order valence-electron chi connectivity index (χ0n) is 9.77. The molecule has 1 amide bonds. The van der Waals surface area contributed by atoms with E-state index < -0.39 is 0 Å². The predicted molar refractivity (Wildman–Crippen MR) is 68.1 cm³/mol. The van der Waals surface area contributed by atoms with Gasteiger partial charge in [-0.2, -0.15) is 0 Å². The zero-order chi connectivity index (χ0) is 12.3. The van der Waals surface area contributed by atoms with Gasteiger partial charge in [0.25, 0.3) is 0 Å². The van der Waals surface area contributed by atoms with E-state index in [9.17, 15) is 4.79 Å². The van der Waals surface area contributed by atoms with Crippen molar-refractivity contribution >= 4 is 23.8 Å². The minimum Gasteiger partial charge on any atom is -0.365 e. The Labute approximate surface area is 106 Å². The number of aromatic nitrogens is 1. The highest BCUT2D eigenvalue weighted by Gasteiger charge is 2.26. The third-order valence-corrected chi connectivity index (χ3v) is 3.46. The summed E-state index contributed by atoms with van der Waals surface area (Å²) in [7, 11) is 0. The van der Waals surface area contributed by atoms with Crippen LogP contribution >= 0.6 is 11.6 Å². The van der Waals surface area contributed by atoms with Gasteiger partial charge in [-0.3, -0.25) is 4.79 Å². The lowest BCUT2D eigenvalue weighted by atomic mass is 9.98. The maximum atomic E-state index is 10.9. The molecule has 2 rings (SSSR count). The lowest BCUT2D eigenvalue weighted by molar-refractivity contribution is -0.121. The van der Waals surface area contributed by atoms with Gasteiger partial charge in [-0.1, -0.05) is 11.6 Å². The highest BCUT2D eigenvalue weighted by Crippen LogP contribution is 2.20. The molecule has 0 aromatic carbocycles. The average Bonchev–Trinajstić information content (AvgIpc) is 2.35. The monoisotopic (exact) mass is 253 g/mol. The van der Waals surface area contributed by atoms with E-state index in [4.69, 9.17) is 11.6 Å². The van der Waals surface area contributed by atoms with Crippen molar-refractivity contribution in [1.82, 2.24) is 9.88 Å². The van der Waals surface area contributed by atoms with Crippen LogP contribution in [0.5, 0.6) is 0 Å².